The molecule has 2 heteroatoms. The predicted octanol–water partition coefficient (Wildman–Crippen LogP) is 2.02. The van der Waals surface area contributed by atoms with Gasteiger partial charge in [-0.15, -0.1) is 0 Å². The second-order valence-corrected chi connectivity index (χ2v) is 1.64. The molecule has 2 radical (unpaired) electrons. The average molecular weight is 126 g/mol. The largest absolute Gasteiger partial charge is 0.207 e. The summed E-state index contributed by atoms with van der Waals surface area (Å²) in [5, 5.41) is 0. The van der Waals surface area contributed by atoms with E-state index in [2.05, 4.69) is 0 Å². The van der Waals surface area contributed by atoms with Crippen LogP contribution < -0.4 is 0 Å². The molecule has 1 aromatic rings. The topological polar surface area (TPSA) is 0 Å². The molecule has 0 saturated carbocycles. The van der Waals surface area contributed by atoms with Gasteiger partial charge in [0, 0.05) is 12.5 Å². The zero-order valence-electron chi connectivity index (χ0n) is 4.57. The molecule has 0 N–H and O–H groups in total. The zero-order valence-corrected chi connectivity index (χ0v) is 4.57. The summed E-state index contributed by atoms with van der Waals surface area (Å²) in [6.45, 7) is 4.93. The SMILES string of the molecule is [CH]c1c(F)cccc1F. The Labute approximate surface area is 52.1 Å². The van der Waals surface area contributed by atoms with Crippen LogP contribution in [0, 0.1) is 18.6 Å². The lowest BCUT2D eigenvalue weighted by atomic mass is 10.2. The molecule has 1 rings (SSSR count). The summed E-state index contributed by atoms with van der Waals surface area (Å²) in [6.07, 6.45) is 0. The highest BCUT2D eigenvalue weighted by molar-refractivity contribution is 5.21. The first-order valence-electron chi connectivity index (χ1n) is 2.41. The monoisotopic (exact) mass is 126 g/mol. The number of halogens is 2. The summed E-state index contributed by atoms with van der Waals surface area (Å²) in [5.41, 5.74) is -0.419. The summed E-state index contributed by atoms with van der Waals surface area (Å²) in [4.78, 5) is 0. The molecular formula is C7H4F2. The lowest BCUT2D eigenvalue weighted by molar-refractivity contribution is 0.575. The Morgan fingerprint density at radius 2 is 1.56 bits per heavy atom. The predicted molar refractivity (Wildman–Crippen MR) is 29.8 cm³/mol. The molecule has 0 aromatic heterocycles. The average Bonchev–Trinajstić information content (AvgIpc) is 1.83. The van der Waals surface area contributed by atoms with Crippen LogP contribution >= 0.6 is 0 Å². The third kappa shape index (κ3) is 1.07. The summed E-state index contributed by atoms with van der Waals surface area (Å²) in [7, 11) is 0. The normalized spacial score (nSPS) is 9.67. The lowest BCUT2D eigenvalue weighted by Gasteiger charge is -1.93. The molecule has 0 nitrogen and oxygen atoms in total. The first-order valence-corrected chi connectivity index (χ1v) is 2.41. The maximum atomic E-state index is 12.2. The molecule has 0 unspecified atom stereocenters. The van der Waals surface area contributed by atoms with Gasteiger partial charge in [0.05, 0.1) is 0 Å². The maximum Gasteiger partial charge on any atom is 0.129 e. The molecule has 0 saturated heterocycles. The van der Waals surface area contributed by atoms with Gasteiger partial charge in [-0.05, 0) is 12.1 Å². The summed E-state index contributed by atoms with van der Waals surface area (Å²) < 4.78 is 24.4. The lowest BCUT2D eigenvalue weighted by Crippen LogP contribution is -1.85. The van der Waals surface area contributed by atoms with Crippen LogP contribution in [0.2, 0.25) is 0 Å². The van der Waals surface area contributed by atoms with Crippen molar-refractivity contribution in [1.82, 2.24) is 0 Å². The maximum absolute atomic E-state index is 12.2. The highest BCUT2D eigenvalue weighted by atomic mass is 19.1. The molecule has 0 fully saturated rings. The van der Waals surface area contributed by atoms with E-state index in [-0.39, 0.29) is 0 Å². The Kier molecular flexibility index (Phi) is 1.47. The fourth-order valence-corrected chi connectivity index (χ4v) is 0.511. The van der Waals surface area contributed by atoms with Crippen LogP contribution in [-0.4, -0.2) is 0 Å². The van der Waals surface area contributed by atoms with E-state index in [4.69, 9.17) is 6.92 Å². The number of hydrogen-bond acceptors (Lipinski definition) is 0. The van der Waals surface area contributed by atoms with Gasteiger partial charge in [0.2, 0.25) is 0 Å². The van der Waals surface area contributed by atoms with Crippen molar-refractivity contribution < 1.29 is 8.78 Å². The van der Waals surface area contributed by atoms with Crippen LogP contribution in [0.4, 0.5) is 8.78 Å². The molecular weight excluding hydrogens is 122 g/mol. The molecule has 0 aliphatic heterocycles. The van der Waals surface area contributed by atoms with Crippen molar-refractivity contribution >= 4 is 0 Å². The van der Waals surface area contributed by atoms with Gasteiger partial charge in [0.15, 0.2) is 0 Å². The van der Waals surface area contributed by atoms with E-state index in [0.717, 1.165) is 12.1 Å². The number of benzene rings is 1. The first kappa shape index (κ1) is 6.20. The Hall–Kier alpha value is -0.920. The summed E-state index contributed by atoms with van der Waals surface area (Å²) in [5.74, 6) is -1.43. The van der Waals surface area contributed by atoms with Crippen molar-refractivity contribution in [3.63, 3.8) is 0 Å². The third-order valence-corrected chi connectivity index (χ3v) is 1.000. The van der Waals surface area contributed by atoms with E-state index < -0.39 is 17.2 Å². The smallest absolute Gasteiger partial charge is 0.129 e. The summed E-state index contributed by atoms with van der Waals surface area (Å²) in [6, 6.07) is 3.48. The van der Waals surface area contributed by atoms with Crippen molar-refractivity contribution in [1.29, 1.82) is 0 Å². The third-order valence-electron chi connectivity index (χ3n) is 1.000. The summed E-state index contributed by atoms with van der Waals surface area (Å²) >= 11 is 0. The highest BCUT2D eigenvalue weighted by Crippen LogP contribution is 2.08. The highest BCUT2D eigenvalue weighted by Gasteiger charge is 1.99. The zero-order chi connectivity index (χ0) is 6.85. The molecule has 46 valence electrons. The van der Waals surface area contributed by atoms with Crippen molar-refractivity contribution in [2.24, 2.45) is 0 Å². The Morgan fingerprint density at radius 3 is 1.89 bits per heavy atom. The number of hydrogen-bond donors (Lipinski definition) is 0. The second kappa shape index (κ2) is 2.13. The quantitative estimate of drug-likeness (QED) is 0.499. The molecule has 0 spiro atoms. The van der Waals surface area contributed by atoms with Crippen molar-refractivity contribution in [3.8, 4) is 0 Å². The Balaban J connectivity index is 3.25. The minimum absolute atomic E-state index is 0.419. The van der Waals surface area contributed by atoms with Gasteiger partial charge in [0.1, 0.15) is 11.6 Å². The molecule has 0 amide bonds. The van der Waals surface area contributed by atoms with Crippen LogP contribution in [0.15, 0.2) is 18.2 Å². The van der Waals surface area contributed by atoms with Crippen molar-refractivity contribution in [2.45, 2.75) is 0 Å². The van der Waals surface area contributed by atoms with Crippen molar-refractivity contribution in [2.75, 3.05) is 0 Å². The van der Waals surface area contributed by atoms with E-state index in [1.54, 1.807) is 0 Å². The molecule has 0 bridgehead atoms. The standard InChI is InChI=1S/C7H4F2/c1-5-6(8)3-2-4-7(5)9/h1-4H. The van der Waals surface area contributed by atoms with E-state index in [0.29, 0.717) is 0 Å². The molecule has 1 aromatic carbocycles. The minimum Gasteiger partial charge on any atom is -0.207 e. The van der Waals surface area contributed by atoms with Crippen LogP contribution in [-0.2, 0) is 0 Å². The molecule has 0 atom stereocenters. The van der Waals surface area contributed by atoms with Gasteiger partial charge in [-0.1, -0.05) is 6.07 Å². The van der Waals surface area contributed by atoms with Crippen LogP contribution in [0.1, 0.15) is 5.56 Å². The molecule has 0 heterocycles. The Morgan fingerprint density at radius 1 is 1.11 bits per heavy atom. The minimum atomic E-state index is -0.713. The molecule has 0 aliphatic carbocycles. The fraction of sp³-hybridized carbons (Fsp3) is 0. The van der Waals surface area contributed by atoms with E-state index >= 15 is 0 Å². The van der Waals surface area contributed by atoms with E-state index in [1.807, 2.05) is 0 Å². The van der Waals surface area contributed by atoms with Gasteiger partial charge in [-0.25, -0.2) is 8.78 Å². The van der Waals surface area contributed by atoms with E-state index in [1.165, 1.54) is 6.07 Å². The van der Waals surface area contributed by atoms with Gasteiger partial charge >= 0.3 is 0 Å². The van der Waals surface area contributed by atoms with Gasteiger partial charge in [-0.2, -0.15) is 0 Å². The molecule has 0 aliphatic rings. The Bertz CT molecular complexity index is 198. The van der Waals surface area contributed by atoms with Crippen LogP contribution in [0.25, 0.3) is 0 Å². The first-order chi connectivity index (χ1) is 4.22. The van der Waals surface area contributed by atoms with Crippen LogP contribution in [0.5, 0.6) is 0 Å². The fourth-order valence-electron chi connectivity index (χ4n) is 0.511. The van der Waals surface area contributed by atoms with Gasteiger partial charge < -0.3 is 0 Å². The van der Waals surface area contributed by atoms with Gasteiger partial charge in [-0.3, -0.25) is 0 Å². The van der Waals surface area contributed by atoms with Gasteiger partial charge in [0.25, 0.3) is 0 Å². The van der Waals surface area contributed by atoms with E-state index in [9.17, 15) is 8.78 Å². The number of rotatable bonds is 0. The molecule has 9 heavy (non-hydrogen) atoms. The van der Waals surface area contributed by atoms with Crippen molar-refractivity contribution in [3.05, 3.63) is 42.3 Å². The van der Waals surface area contributed by atoms with Crippen LogP contribution in [0.3, 0.4) is 0 Å². The second-order valence-electron chi connectivity index (χ2n) is 1.64.